The first-order valence-electron chi connectivity index (χ1n) is 6.54. The van der Waals surface area contributed by atoms with Gasteiger partial charge in [-0.2, -0.15) is 0 Å². The minimum absolute atomic E-state index is 0.211. The fourth-order valence-electron chi connectivity index (χ4n) is 2.34. The number of aliphatic imine (C=N–C) groups is 1. The molecule has 2 aromatic carbocycles. The maximum Gasteiger partial charge on any atom is 0.323 e. The third-order valence-corrected chi connectivity index (χ3v) is 3.78. The lowest BCUT2D eigenvalue weighted by Gasteiger charge is -2.02. The van der Waals surface area contributed by atoms with Gasteiger partial charge in [-0.3, -0.25) is 4.99 Å². The number of nitrogens with zero attached hydrogens (tertiary/aromatic N) is 1. The predicted molar refractivity (Wildman–Crippen MR) is 86.4 cm³/mol. The summed E-state index contributed by atoms with van der Waals surface area (Å²) < 4.78 is 11.7. The highest BCUT2D eigenvalue weighted by atomic mass is 79.9. The lowest BCUT2D eigenvalue weighted by molar-refractivity contribution is 0.174. The van der Waals surface area contributed by atoms with Crippen LogP contribution in [0.1, 0.15) is 5.56 Å². The third-order valence-electron chi connectivity index (χ3n) is 3.32. The van der Waals surface area contributed by atoms with Crippen LogP contribution in [-0.4, -0.2) is 23.0 Å². The van der Waals surface area contributed by atoms with Crippen LogP contribution >= 0.6 is 15.9 Å². The SMILES string of the molecule is O=c1[nH]c2ccc(N=Cc3cc(Br)cc4c3OCO4)cc2[nH]1. The lowest BCUT2D eigenvalue weighted by Crippen LogP contribution is -1.99. The topological polar surface area (TPSA) is 79.5 Å². The van der Waals surface area contributed by atoms with Crippen molar-refractivity contribution in [2.75, 3.05) is 6.79 Å². The van der Waals surface area contributed by atoms with E-state index in [1.807, 2.05) is 24.3 Å². The number of aromatic amines is 2. The van der Waals surface area contributed by atoms with Crippen LogP contribution in [0, 0.1) is 0 Å². The molecule has 0 fully saturated rings. The van der Waals surface area contributed by atoms with Crippen molar-refractivity contribution in [3.63, 3.8) is 0 Å². The number of hydrogen-bond acceptors (Lipinski definition) is 4. The first kappa shape index (κ1) is 13.1. The molecule has 0 aliphatic carbocycles. The summed E-state index contributed by atoms with van der Waals surface area (Å²) in [6.45, 7) is 0.211. The van der Waals surface area contributed by atoms with Gasteiger partial charge < -0.3 is 19.4 Å². The largest absolute Gasteiger partial charge is 0.454 e. The smallest absolute Gasteiger partial charge is 0.323 e. The average Bonchev–Trinajstić information content (AvgIpc) is 3.08. The zero-order valence-corrected chi connectivity index (χ0v) is 12.8. The molecule has 1 aliphatic rings. The number of halogens is 1. The minimum Gasteiger partial charge on any atom is -0.454 e. The molecule has 4 rings (SSSR count). The summed E-state index contributed by atoms with van der Waals surface area (Å²) in [4.78, 5) is 21.1. The number of imidazole rings is 1. The Labute approximate surface area is 132 Å². The van der Waals surface area contributed by atoms with Crippen LogP contribution in [0.3, 0.4) is 0 Å². The number of nitrogens with one attached hydrogen (secondary N) is 2. The average molecular weight is 360 g/mol. The van der Waals surface area contributed by atoms with Crippen LogP contribution in [-0.2, 0) is 0 Å². The highest BCUT2D eigenvalue weighted by molar-refractivity contribution is 9.10. The van der Waals surface area contributed by atoms with Crippen LogP contribution in [0.25, 0.3) is 11.0 Å². The van der Waals surface area contributed by atoms with Crippen molar-refractivity contribution in [2.24, 2.45) is 4.99 Å². The van der Waals surface area contributed by atoms with Crippen molar-refractivity contribution >= 4 is 38.9 Å². The van der Waals surface area contributed by atoms with E-state index in [0.717, 1.165) is 26.8 Å². The number of rotatable bonds is 2. The molecule has 7 heteroatoms. The van der Waals surface area contributed by atoms with Crippen LogP contribution in [0.4, 0.5) is 5.69 Å². The van der Waals surface area contributed by atoms with Crippen molar-refractivity contribution in [1.29, 1.82) is 0 Å². The fourth-order valence-corrected chi connectivity index (χ4v) is 2.80. The van der Waals surface area contributed by atoms with E-state index in [4.69, 9.17) is 9.47 Å². The summed E-state index contributed by atoms with van der Waals surface area (Å²) >= 11 is 3.44. The van der Waals surface area contributed by atoms with E-state index in [1.165, 1.54) is 0 Å². The Hall–Kier alpha value is -2.54. The molecule has 110 valence electrons. The van der Waals surface area contributed by atoms with Gasteiger partial charge in [0.15, 0.2) is 11.5 Å². The molecule has 0 spiro atoms. The normalized spacial score (nSPS) is 13.3. The molecule has 0 unspecified atom stereocenters. The van der Waals surface area contributed by atoms with Gasteiger partial charge in [0.05, 0.1) is 16.7 Å². The van der Waals surface area contributed by atoms with Gasteiger partial charge in [-0.25, -0.2) is 4.79 Å². The van der Waals surface area contributed by atoms with Crippen molar-refractivity contribution in [2.45, 2.75) is 0 Å². The summed E-state index contributed by atoms with van der Waals surface area (Å²) in [6, 6.07) is 9.21. The van der Waals surface area contributed by atoms with Crippen LogP contribution in [0.2, 0.25) is 0 Å². The number of hydrogen-bond donors (Lipinski definition) is 2. The van der Waals surface area contributed by atoms with Crippen molar-refractivity contribution in [3.8, 4) is 11.5 Å². The second kappa shape index (κ2) is 5.03. The van der Waals surface area contributed by atoms with Gasteiger partial charge in [0.2, 0.25) is 6.79 Å². The van der Waals surface area contributed by atoms with E-state index < -0.39 is 0 Å². The van der Waals surface area contributed by atoms with Crippen LogP contribution < -0.4 is 15.2 Å². The first-order valence-corrected chi connectivity index (χ1v) is 7.33. The van der Waals surface area contributed by atoms with Crippen molar-refractivity contribution in [3.05, 3.63) is 50.9 Å². The van der Waals surface area contributed by atoms with E-state index in [2.05, 4.69) is 30.9 Å². The number of H-pyrrole nitrogens is 2. The van der Waals surface area contributed by atoms with Gasteiger partial charge in [0, 0.05) is 16.3 Å². The maximum atomic E-state index is 11.3. The van der Waals surface area contributed by atoms with E-state index in [1.54, 1.807) is 12.3 Å². The van der Waals surface area contributed by atoms with Crippen LogP contribution in [0.15, 0.2) is 44.6 Å². The Morgan fingerprint density at radius 2 is 2.00 bits per heavy atom. The monoisotopic (exact) mass is 359 g/mol. The highest BCUT2D eigenvalue weighted by Gasteiger charge is 2.17. The van der Waals surface area contributed by atoms with Gasteiger partial charge in [-0.05, 0) is 30.3 Å². The number of ether oxygens (including phenoxy) is 2. The fraction of sp³-hybridized carbons (Fsp3) is 0.0667. The van der Waals surface area contributed by atoms with Gasteiger partial charge in [-0.15, -0.1) is 0 Å². The van der Waals surface area contributed by atoms with Gasteiger partial charge in [0.25, 0.3) is 0 Å². The molecule has 0 saturated carbocycles. The lowest BCUT2D eigenvalue weighted by atomic mass is 10.2. The Morgan fingerprint density at radius 3 is 2.91 bits per heavy atom. The molecule has 0 radical (unpaired) electrons. The molecule has 1 aromatic heterocycles. The predicted octanol–water partition coefficient (Wildman–Crippen LogP) is 3.10. The molecule has 6 nitrogen and oxygen atoms in total. The molecule has 22 heavy (non-hydrogen) atoms. The molecule has 0 amide bonds. The number of aromatic nitrogens is 2. The van der Waals surface area contributed by atoms with E-state index in [9.17, 15) is 4.79 Å². The molecule has 0 atom stereocenters. The summed E-state index contributed by atoms with van der Waals surface area (Å²) in [5.74, 6) is 1.38. The minimum atomic E-state index is -0.230. The molecule has 0 saturated heterocycles. The molecule has 0 bridgehead atoms. The quantitative estimate of drug-likeness (QED) is 0.690. The van der Waals surface area contributed by atoms with Crippen LogP contribution in [0.5, 0.6) is 11.5 Å². The molecule has 2 N–H and O–H groups in total. The third kappa shape index (κ3) is 2.29. The van der Waals surface area contributed by atoms with E-state index in [0.29, 0.717) is 11.5 Å². The van der Waals surface area contributed by atoms with E-state index in [-0.39, 0.29) is 12.5 Å². The summed E-state index contributed by atoms with van der Waals surface area (Å²) in [6.07, 6.45) is 1.71. The molecule has 2 heterocycles. The zero-order chi connectivity index (χ0) is 15.1. The van der Waals surface area contributed by atoms with Gasteiger partial charge >= 0.3 is 5.69 Å². The second-order valence-electron chi connectivity index (χ2n) is 4.80. The molecular weight excluding hydrogens is 350 g/mol. The number of fused-ring (bicyclic) bond motifs is 2. The Morgan fingerprint density at radius 1 is 1.14 bits per heavy atom. The Kier molecular flexibility index (Phi) is 3.00. The summed E-state index contributed by atoms with van der Waals surface area (Å²) in [5.41, 5.74) is 2.80. The second-order valence-corrected chi connectivity index (χ2v) is 5.71. The van der Waals surface area contributed by atoms with Gasteiger partial charge in [0.1, 0.15) is 0 Å². The summed E-state index contributed by atoms with van der Waals surface area (Å²) in [5, 5.41) is 0. The number of benzene rings is 2. The molecule has 3 aromatic rings. The Balaban J connectivity index is 1.72. The standard InChI is InChI=1S/C15H10BrN3O3/c16-9-3-8(14-13(4-9)21-7-22-14)6-17-10-1-2-11-12(5-10)19-15(20)18-11/h1-6H,7H2,(H2,18,19,20). The summed E-state index contributed by atoms with van der Waals surface area (Å²) in [7, 11) is 0. The highest BCUT2D eigenvalue weighted by Crippen LogP contribution is 2.37. The molecule has 1 aliphatic heterocycles. The maximum absolute atomic E-state index is 11.3. The Bertz CT molecular complexity index is 958. The molecular formula is C15H10BrN3O3. The van der Waals surface area contributed by atoms with Crippen molar-refractivity contribution in [1.82, 2.24) is 9.97 Å². The zero-order valence-electron chi connectivity index (χ0n) is 11.2. The van der Waals surface area contributed by atoms with Gasteiger partial charge in [-0.1, -0.05) is 15.9 Å². The first-order chi connectivity index (χ1) is 10.7. The van der Waals surface area contributed by atoms with E-state index >= 15 is 0 Å². The van der Waals surface area contributed by atoms with Crippen molar-refractivity contribution < 1.29 is 9.47 Å².